The highest BCUT2D eigenvalue weighted by atomic mass is 16.5. The second kappa shape index (κ2) is 5.53. The third-order valence-corrected chi connectivity index (χ3v) is 2.21. The molecule has 15 heavy (non-hydrogen) atoms. The minimum absolute atomic E-state index is 0.0955. The van der Waals surface area contributed by atoms with Crippen molar-refractivity contribution in [2.24, 2.45) is 11.5 Å². The molecule has 0 aromatic carbocycles. The summed E-state index contributed by atoms with van der Waals surface area (Å²) in [4.78, 5) is 11.2. The summed E-state index contributed by atoms with van der Waals surface area (Å²) >= 11 is 0. The number of carbonyl (C=O) groups excluding carboxylic acids is 1. The maximum Gasteiger partial charge on any atom is 0.153 e. The van der Waals surface area contributed by atoms with Crippen molar-refractivity contribution in [2.75, 3.05) is 14.2 Å². The van der Waals surface area contributed by atoms with Crippen molar-refractivity contribution in [1.29, 1.82) is 0 Å². The molecule has 86 valence electrons. The molecule has 0 saturated carbocycles. The normalized spacial score (nSPS) is 24.3. The first-order valence-corrected chi connectivity index (χ1v) is 4.46. The number of carbonyl (C=O) groups is 1. The lowest BCUT2D eigenvalue weighted by Crippen LogP contribution is -2.47. The van der Waals surface area contributed by atoms with Crippen LogP contribution in [-0.2, 0) is 9.53 Å². The van der Waals surface area contributed by atoms with Gasteiger partial charge in [-0.25, -0.2) is 0 Å². The summed E-state index contributed by atoms with van der Waals surface area (Å²) in [6.45, 7) is 1.45. The number of aliphatic hydroxyl groups is 1. The average molecular weight is 214 g/mol. The zero-order valence-corrected chi connectivity index (χ0v) is 9.28. The summed E-state index contributed by atoms with van der Waals surface area (Å²) in [6.07, 6.45) is 3.59. The highest BCUT2D eigenvalue weighted by Crippen LogP contribution is 2.23. The molecule has 0 heterocycles. The van der Waals surface area contributed by atoms with E-state index < -0.39 is 5.54 Å². The highest BCUT2D eigenvalue weighted by molar-refractivity contribution is 5.89. The van der Waals surface area contributed by atoms with Crippen LogP contribution >= 0.6 is 0 Å². The molecule has 0 aromatic heterocycles. The second-order valence-corrected chi connectivity index (χ2v) is 3.20. The summed E-state index contributed by atoms with van der Waals surface area (Å²) in [5.41, 5.74) is 11.0. The second-order valence-electron chi connectivity index (χ2n) is 3.20. The summed E-state index contributed by atoms with van der Waals surface area (Å²) in [5.74, 6) is 0.490. The fourth-order valence-corrected chi connectivity index (χ4v) is 1.23. The smallest absolute Gasteiger partial charge is 0.153 e. The fourth-order valence-electron chi connectivity index (χ4n) is 1.23. The van der Waals surface area contributed by atoms with Crippen molar-refractivity contribution in [2.45, 2.75) is 18.9 Å². The predicted molar refractivity (Wildman–Crippen MR) is 57.7 cm³/mol. The van der Waals surface area contributed by atoms with Crippen molar-refractivity contribution < 1.29 is 14.6 Å². The molecule has 0 fully saturated rings. The van der Waals surface area contributed by atoms with Crippen LogP contribution in [0.25, 0.3) is 0 Å². The lowest BCUT2D eigenvalue weighted by atomic mass is 9.86. The molecule has 1 unspecified atom stereocenters. The molecule has 0 bridgehead atoms. The van der Waals surface area contributed by atoms with E-state index in [1.807, 2.05) is 0 Å². The van der Waals surface area contributed by atoms with Crippen molar-refractivity contribution in [1.82, 2.24) is 0 Å². The van der Waals surface area contributed by atoms with Gasteiger partial charge in [-0.15, -0.1) is 0 Å². The number of methoxy groups -OCH3 is 1. The maximum atomic E-state index is 11.2. The van der Waals surface area contributed by atoms with Crippen LogP contribution in [0.2, 0.25) is 0 Å². The van der Waals surface area contributed by atoms with Gasteiger partial charge in [0.25, 0.3) is 0 Å². The predicted octanol–water partition coefficient (Wildman–Crippen LogP) is -0.342. The van der Waals surface area contributed by atoms with Gasteiger partial charge in [-0.1, -0.05) is 6.08 Å². The Bertz CT molecular complexity index is 297. The Kier molecular flexibility index (Phi) is 5.04. The molecule has 0 amide bonds. The number of hydrogen-bond acceptors (Lipinski definition) is 5. The van der Waals surface area contributed by atoms with E-state index in [2.05, 4.69) is 0 Å². The molecule has 0 radical (unpaired) electrons. The lowest BCUT2D eigenvalue weighted by Gasteiger charge is -2.26. The number of rotatable bonds is 2. The highest BCUT2D eigenvalue weighted by Gasteiger charge is 2.31. The van der Waals surface area contributed by atoms with Crippen LogP contribution in [0.15, 0.2) is 23.6 Å². The van der Waals surface area contributed by atoms with E-state index in [-0.39, 0.29) is 5.78 Å². The van der Waals surface area contributed by atoms with Crippen molar-refractivity contribution >= 4 is 5.78 Å². The molecule has 0 aliphatic heterocycles. The van der Waals surface area contributed by atoms with E-state index in [1.54, 1.807) is 12.2 Å². The number of ether oxygens (including phenoxy) is 1. The zero-order chi connectivity index (χ0) is 12.1. The van der Waals surface area contributed by atoms with Crippen molar-refractivity contribution in [3.63, 3.8) is 0 Å². The third-order valence-electron chi connectivity index (χ3n) is 2.21. The Morgan fingerprint density at radius 3 is 2.47 bits per heavy atom. The van der Waals surface area contributed by atoms with Crippen LogP contribution in [0.5, 0.6) is 0 Å². The van der Waals surface area contributed by atoms with Crippen molar-refractivity contribution in [3.05, 3.63) is 23.6 Å². The number of aliphatic hydroxyl groups excluding tert-OH is 1. The molecule has 5 N–H and O–H groups in total. The Labute approximate surface area is 89.4 Å². The van der Waals surface area contributed by atoms with Crippen LogP contribution < -0.4 is 11.5 Å². The van der Waals surface area contributed by atoms with Gasteiger partial charge in [-0.2, -0.15) is 0 Å². The number of ketones is 1. The van der Waals surface area contributed by atoms with Gasteiger partial charge < -0.3 is 21.3 Å². The van der Waals surface area contributed by atoms with Crippen LogP contribution in [-0.4, -0.2) is 30.6 Å². The number of Topliss-reactive ketones (excluding diaryl/α,β-unsaturated/α-hetero) is 1. The van der Waals surface area contributed by atoms with E-state index in [1.165, 1.54) is 14.0 Å². The van der Waals surface area contributed by atoms with Crippen LogP contribution in [0.4, 0.5) is 0 Å². The summed E-state index contributed by atoms with van der Waals surface area (Å²) in [5, 5.41) is 7.00. The maximum absolute atomic E-state index is 11.2. The van der Waals surface area contributed by atoms with Gasteiger partial charge in [-0.05, 0) is 13.0 Å². The third kappa shape index (κ3) is 3.07. The molecule has 1 atom stereocenters. The van der Waals surface area contributed by atoms with Crippen LogP contribution in [0.3, 0.4) is 0 Å². The van der Waals surface area contributed by atoms with E-state index in [4.69, 9.17) is 21.3 Å². The molecular weight excluding hydrogens is 196 g/mol. The van der Waals surface area contributed by atoms with Crippen LogP contribution in [0.1, 0.15) is 13.3 Å². The minimum atomic E-state index is -0.952. The van der Waals surface area contributed by atoms with E-state index >= 15 is 0 Å². The van der Waals surface area contributed by atoms with Gasteiger partial charge >= 0.3 is 0 Å². The molecule has 0 spiro atoms. The largest absolute Gasteiger partial charge is 0.495 e. The zero-order valence-electron chi connectivity index (χ0n) is 9.28. The molecule has 1 aliphatic rings. The first-order valence-electron chi connectivity index (χ1n) is 4.46. The number of hydrogen-bond donors (Lipinski definition) is 3. The van der Waals surface area contributed by atoms with Gasteiger partial charge in [-0.3, -0.25) is 4.79 Å². The van der Waals surface area contributed by atoms with Gasteiger partial charge in [0, 0.05) is 13.5 Å². The van der Waals surface area contributed by atoms with E-state index in [0.29, 0.717) is 17.9 Å². The number of nitrogens with two attached hydrogens (primary N) is 2. The minimum Gasteiger partial charge on any atom is -0.495 e. The fraction of sp³-hybridized carbons (Fsp3) is 0.500. The first-order chi connectivity index (χ1) is 6.99. The van der Waals surface area contributed by atoms with Gasteiger partial charge in [0.15, 0.2) is 5.78 Å². The number of allylic oxidation sites excluding steroid dienone is 1. The van der Waals surface area contributed by atoms with E-state index in [9.17, 15) is 4.79 Å². The Morgan fingerprint density at radius 2 is 2.13 bits per heavy atom. The summed E-state index contributed by atoms with van der Waals surface area (Å²) in [7, 11) is 2.53. The van der Waals surface area contributed by atoms with Crippen molar-refractivity contribution in [3.8, 4) is 0 Å². The lowest BCUT2D eigenvalue weighted by molar-refractivity contribution is -0.120. The van der Waals surface area contributed by atoms with Gasteiger partial charge in [0.1, 0.15) is 5.76 Å². The monoisotopic (exact) mass is 214 g/mol. The Balaban J connectivity index is 0.000000921. The summed E-state index contributed by atoms with van der Waals surface area (Å²) in [6, 6.07) is 0. The molecule has 0 saturated heterocycles. The quantitative estimate of drug-likeness (QED) is 0.584. The molecule has 1 aliphatic carbocycles. The van der Waals surface area contributed by atoms with Gasteiger partial charge in [0.05, 0.1) is 18.3 Å². The van der Waals surface area contributed by atoms with E-state index in [0.717, 1.165) is 7.11 Å². The molecule has 5 heteroatoms. The molecule has 5 nitrogen and oxygen atoms in total. The first kappa shape index (κ1) is 13.7. The topological polar surface area (TPSA) is 98.6 Å². The van der Waals surface area contributed by atoms with Crippen LogP contribution in [0, 0.1) is 0 Å². The van der Waals surface area contributed by atoms with Gasteiger partial charge in [0.2, 0.25) is 0 Å². The average Bonchev–Trinajstić information content (AvgIpc) is 2.21. The summed E-state index contributed by atoms with van der Waals surface area (Å²) < 4.78 is 4.98. The molecule has 1 rings (SSSR count). The Hall–Kier alpha value is -1.33. The SMILES string of the molecule is CO.COC1=C(N)CC(N)(C(C)=O)C=C1. The molecule has 0 aromatic rings. The Morgan fingerprint density at radius 1 is 1.60 bits per heavy atom. The molecular formula is C10H18N2O3. The standard InChI is InChI=1S/C9H14N2O2.CH4O/c1-6(12)9(11)4-3-8(13-2)7(10)5-9;1-2/h3-4H,5,10-11H2,1-2H3;2H,1H3.